The van der Waals surface area contributed by atoms with Crippen molar-refractivity contribution in [3.05, 3.63) is 35.7 Å². The summed E-state index contributed by atoms with van der Waals surface area (Å²) in [6, 6.07) is 2.28. The van der Waals surface area contributed by atoms with Crippen LogP contribution < -0.4 is 5.32 Å². The molecule has 2 atom stereocenters. The molecule has 2 N–H and O–H groups in total. The summed E-state index contributed by atoms with van der Waals surface area (Å²) in [5.74, 6) is -4.01. The summed E-state index contributed by atoms with van der Waals surface area (Å²) in [6.07, 6.45) is 2.86. The minimum atomic E-state index is -0.974. The summed E-state index contributed by atoms with van der Waals surface area (Å²) in [5, 5.41) is 15.8. The Bertz CT molecular complexity index is 931. The van der Waals surface area contributed by atoms with Crippen molar-refractivity contribution in [2.24, 2.45) is 11.8 Å². The van der Waals surface area contributed by atoms with Crippen LogP contribution in [0.15, 0.2) is 22.7 Å². The van der Waals surface area contributed by atoms with Crippen LogP contribution in [0.1, 0.15) is 29.9 Å². The van der Waals surface area contributed by atoms with Gasteiger partial charge in [0, 0.05) is 31.7 Å². The second kappa shape index (κ2) is 7.86. The van der Waals surface area contributed by atoms with Crippen molar-refractivity contribution in [2.45, 2.75) is 25.3 Å². The fourth-order valence-electron chi connectivity index (χ4n) is 3.59. The number of likely N-dealkylation sites (tertiary alicyclic amines) is 1. The van der Waals surface area contributed by atoms with Gasteiger partial charge in [0.15, 0.2) is 0 Å². The highest BCUT2D eigenvalue weighted by molar-refractivity contribution is 5.91. The first kappa shape index (κ1) is 19.4. The van der Waals surface area contributed by atoms with Crippen LogP contribution in [0.5, 0.6) is 0 Å². The lowest BCUT2D eigenvalue weighted by Gasteiger charge is -2.36. The maximum absolute atomic E-state index is 13.9. The van der Waals surface area contributed by atoms with Crippen LogP contribution in [0.25, 0.3) is 11.5 Å². The van der Waals surface area contributed by atoms with E-state index in [1.54, 1.807) is 0 Å². The van der Waals surface area contributed by atoms with E-state index in [4.69, 9.17) is 4.52 Å². The number of halogens is 2. The normalized spacial score (nSPS) is 22.4. The Morgan fingerprint density at radius 2 is 2.07 bits per heavy atom. The van der Waals surface area contributed by atoms with Crippen molar-refractivity contribution >= 4 is 11.9 Å². The fraction of sp³-hybridized carbons (Fsp3) is 0.474. The van der Waals surface area contributed by atoms with E-state index in [1.165, 1.54) is 12.8 Å². The molecule has 0 bridgehead atoms. The van der Waals surface area contributed by atoms with Gasteiger partial charge in [0.05, 0.1) is 11.5 Å². The van der Waals surface area contributed by atoms with Crippen LogP contribution in [0.4, 0.5) is 8.78 Å². The number of carbonyl (C=O) groups is 2. The molecule has 1 aromatic heterocycles. The molecule has 1 aliphatic carbocycles. The third kappa shape index (κ3) is 4.42. The first-order chi connectivity index (χ1) is 13.9. The Labute approximate surface area is 164 Å². The fourth-order valence-corrected chi connectivity index (χ4v) is 3.59. The van der Waals surface area contributed by atoms with Crippen LogP contribution >= 0.6 is 0 Å². The van der Waals surface area contributed by atoms with Crippen molar-refractivity contribution in [1.29, 1.82) is 0 Å². The van der Waals surface area contributed by atoms with Crippen molar-refractivity contribution in [2.75, 3.05) is 19.6 Å². The maximum Gasteiger partial charge on any atom is 0.309 e. The number of rotatable bonds is 6. The largest absolute Gasteiger partial charge is 0.481 e. The third-order valence-electron chi connectivity index (χ3n) is 5.33. The monoisotopic (exact) mass is 406 g/mol. The zero-order valence-corrected chi connectivity index (χ0v) is 15.5. The molecule has 10 heteroatoms. The second-order valence-corrected chi connectivity index (χ2v) is 7.56. The Morgan fingerprint density at radius 1 is 1.28 bits per heavy atom. The van der Waals surface area contributed by atoms with Crippen LogP contribution in [-0.4, -0.2) is 57.7 Å². The van der Waals surface area contributed by atoms with Crippen LogP contribution in [0.2, 0.25) is 0 Å². The van der Waals surface area contributed by atoms with Gasteiger partial charge in [-0.2, -0.15) is 4.98 Å². The van der Waals surface area contributed by atoms with E-state index in [2.05, 4.69) is 20.4 Å². The smallest absolute Gasteiger partial charge is 0.309 e. The lowest BCUT2D eigenvalue weighted by molar-refractivity contribution is -0.144. The minimum absolute atomic E-state index is 0.130. The predicted octanol–water partition coefficient (Wildman–Crippen LogP) is 1.93. The van der Waals surface area contributed by atoms with Gasteiger partial charge in [-0.05, 0) is 37.3 Å². The van der Waals surface area contributed by atoms with Gasteiger partial charge in [-0.15, -0.1) is 0 Å². The quantitative estimate of drug-likeness (QED) is 0.755. The number of carboxylic acid groups (broad SMARTS) is 1. The average Bonchev–Trinajstić information content (AvgIpc) is 3.35. The average molecular weight is 406 g/mol. The van der Waals surface area contributed by atoms with E-state index >= 15 is 0 Å². The Morgan fingerprint density at radius 3 is 2.76 bits per heavy atom. The minimum Gasteiger partial charge on any atom is -0.481 e. The van der Waals surface area contributed by atoms with E-state index in [0.29, 0.717) is 31.5 Å². The molecule has 8 nitrogen and oxygen atoms in total. The van der Waals surface area contributed by atoms with Crippen LogP contribution in [0, 0.1) is 23.5 Å². The van der Waals surface area contributed by atoms with Crippen molar-refractivity contribution < 1.29 is 28.0 Å². The van der Waals surface area contributed by atoms with E-state index in [1.807, 2.05) is 0 Å². The number of aromatic nitrogens is 2. The lowest BCUT2D eigenvalue weighted by Crippen LogP contribution is -2.54. The Balaban J connectivity index is 1.43. The lowest BCUT2D eigenvalue weighted by atomic mass is 9.91. The molecule has 29 heavy (non-hydrogen) atoms. The highest BCUT2D eigenvalue weighted by Gasteiger charge is 2.37. The summed E-state index contributed by atoms with van der Waals surface area (Å²) < 4.78 is 31.8. The number of hydrogen-bond donors (Lipinski definition) is 2. The van der Waals surface area contributed by atoms with Gasteiger partial charge in [0.1, 0.15) is 11.6 Å². The number of carbonyl (C=O) groups excluding carboxylic acids is 1. The molecule has 1 saturated carbocycles. The highest BCUT2D eigenvalue weighted by atomic mass is 19.1. The van der Waals surface area contributed by atoms with Gasteiger partial charge in [-0.3, -0.25) is 9.59 Å². The SMILES string of the molecule is O=C(N[C@H]1CCN(CC2CC2)C[C@@H]1C(=O)O)c1noc(-c2ccc(F)cc2F)n1. The molecule has 2 aromatic rings. The number of amides is 1. The molecule has 1 aromatic carbocycles. The molecule has 154 valence electrons. The number of carboxylic acids is 1. The number of hydrogen-bond acceptors (Lipinski definition) is 6. The van der Waals surface area contributed by atoms with Gasteiger partial charge < -0.3 is 19.8 Å². The van der Waals surface area contributed by atoms with Gasteiger partial charge in [0.25, 0.3) is 17.6 Å². The first-order valence-corrected chi connectivity index (χ1v) is 9.46. The highest BCUT2D eigenvalue weighted by Crippen LogP contribution is 2.31. The molecular formula is C19H20F2N4O4. The molecule has 4 rings (SSSR count). The van der Waals surface area contributed by atoms with Crippen LogP contribution in [-0.2, 0) is 4.79 Å². The topological polar surface area (TPSA) is 109 Å². The Hall–Kier alpha value is -2.88. The van der Waals surface area contributed by atoms with Crippen molar-refractivity contribution in [3.63, 3.8) is 0 Å². The van der Waals surface area contributed by atoms with E-state index in [9.17, 15) is 23.5 Å². The van der Waals surface area contributed by atoms with E-state index in [-0.39, 0.29) is 17.3 Å². The molecule has 0 spiro atoms. The zero-order chi connectivity index (χ0) is 20.5. The summed E-state index contributed by atoms with van der Waals surface area (Å²) >= 11 is 0. The molecule has 0 unspecified atom stereocenters. The summed E-state index contributed by atoms with van der Waals surface area (Å²) in [5.41, 5.74) is -0.130. The summed E-state index contributed by atoms with van der Waals surface area (Å²) in [4.78, 5) is 30.1. The van der Waals surface area contributed by atoms with Gasteiger partial charge in [0.2, 0.25) is 0 Å². The van der Waals surface area contributed by atoms with E-state index in [0.717, 1.165) is 18.7 Å². The number of nitrogens with one attached hydrogen (secondary N) is 1. The second-order valence-electron chi connectivity index (χ2n) is 7.56. The summed E-state index contributed by atoms with van der Waals surface area (Å²) in [6.45, 7) is 1.96. The first-order valence-electron chi connectivity index (χ1n) is 9.46. The standard InChI is InChI=1S/C19H20F2N4O4/c20-11-3-4-12(14(21)7-11)18-23-16(24-29-18)17(26)22-15-5-6-25(8-10-1-2-10)9-13(15)19(27)28/h3-4,7,10,13,15H,1-2,5-6,8-9H2,(H,22,26)(H,27,28)/t13-,15-/m0/s1. The number of nitrogens with zero attached hydrogens (tertiary/aromatic N) is 3. The van der Waals surface area contributed by atoms with Gasteiger partial charge in [-0.25, -0.2) is 8.78 Å². The predicted molar refractivity (Wildman–Crippen MR) is 95.8 cm³/mol. The Kier molecular flexibility index (Phi) is 5.27. The number of piperidine rings is 1. The van der Waals surface area contributed by atoms with Crippen molar-refractivity contribution in [3.8, 4) is 11.5 Å². The summed E-state index contributed by atoms with van der Waals surface area (Å²) in [7, 11) is 0. The van der Waals surface area contributed by atoms with Gasteiger partial charge in [-0.1, -0.05) is 5.16 Å². The molecule has 1 saturated heterocycles. The molecular weight excluding hydrogens is 386 g/mol. The molecule has 0 radical (unpaired) electrons. The molecule has 2 aliphatic rings. The number of aliphatic carboxylic acids is 1. The van der Waals surface area contributed by atoms with Gasteiger partial charge >= 0.3 is 5.97 Å². The van der Waals surface area contributed by atoms with Crippen molar-refractivity contribution in [1.82, 2.24) is 20.4 Å². The third-order valence-corrected chi connectivity index (χ3v) is 5.33. The molecule has 2 heterocycles. The number of benzene rings is 1. The zero-order valence-electron chi connectivity index (χ0n) is 15.5. The molecule has 2 fully saturated rings. The molecule has 1 amide bonds. The van der Waals surface area contributed by atoms with E-state index < -0.39 is 35.5 Å². The molecule has 1 aliphatic heterocycles. The maximum atomic E-state index is 13.9. The van der Waals surface area contributed by atoms with Crippen LogP contribution in [0.3, 0.4) is 0 Å².